The Hall–Kier alpha value is -6.09. The molecule has 0 aromatic heterocycles. The van der Waals surface area contributed by atoms with Crippen molar-refractivity contribution in [2.75, 3.05) is 0 Å². The van der Waals surface area contributed by atoms with Gasteiger partial charge in [-0.15, -0.1) is 0 Å². The standard InChI is InChI=1S/C51H32OS/c1-31-22-25-39-36-14-5-10-20-45(36)51(47(39)28-31)46-21-11-6-16-38(46)41-27-24-33(30-49(41)51)53(52)32-23-26-40-37-15-4-9-19-44(37)50(48(40)29-32)42-17-7-2-12-34(42)35-13-3-8-18-43(35)50/h2-30H,1H3. The van der Waals surface area contributed by atoms with Gasteiger partial charge in [0.05, 0.1) is 21.6 Å². The van der Waals surface area contributed by atoms with E-state index in [0.29, 0.717) is 0 Å². The zero-order valence-electron chi connectivity index (χ0n) is 29.1. The van der Waals surface area contributed by atoms with Gasteiger partial charge in [-0.2, -0.15) is 0 Å². The Balaban J connectivity index is 1.08. The van der Waals surface area contributed by atoms with Gasteiger partial charge in [0.2, 0.25) is 0 Å². The molecule has 2 heteroatoms. The van der Waals surface area contributed by atoms with Crippen molar-refractivity contribution in [3.8, 4) is 44.5 Å². The van der Waals surface area contributed by atoms with E-state index < -0.39 is 21.6 Å². The number of rotatable bonds is 2. The van der Waals surface area contributed by atoms with Crippen molar-refractivity contribution in [2.45, 2.75) is 27.5 Å². The quantitative estimate of drug-likeness (QED) is 0.176. The normalized spacial score (nSPS) is 17.4. The predicted molar refractivity (Wildman–Crippen MR) is 215 cm³/mol. The second kappa shape index (κ2) is 10.3. The van der Waals surface area contributed by atoms with Gasteiger partial charge in [0.25, 0.3) is 0 Å². The molecule has 0 amide bonds. The Kier molecular flexibility index (Phi) is 5.72. The fourth-order valence-corrected chi connectivity index (χ4v) is 11.8. The summed E-state index contributed by atoms with van der Waals surface area (Å²) in [5.41, 5.74) is 20.5. The summed E-state index contributed by atoms with van der Waals surface area (Å²) in [6.07, 6.45) is 0. The van der Waals surface area contributed by atoms with E-state index in [-0.39, 0.29) is 0 Å². The second-order valence-corrected chi connectivity index (χ2v) is 16.4. The molecule has 12 rings (SSSR count). The third kappa shape index (κ3) is 3.46. The van der Waals surface area contributed by atoms with Gasteiger partial charge in [-0.05, 0) is 120 Å². The SMILES string of the molecule is Cc1ccc2c(c1)C1(c3ccccc3-2)c2ccccc2-c2ccc(S(=O)c3ccc4c(c3)C3(c5ccccc5-c5ccccc53)c3ccccc3-4)cc21. The molecule has 0 saturated heterocycles. The molecule has 4 aliphatic rings. The van der Waals surface area contributed by atoms with Crippen molar-refractivity contribution in [1.82, 2.24) is 0 Å². The molecule has 0 saturated carbocycles. The van der Waals surface area contributed by atoms with Crippen LogP contribution in [0.4, 0.5) is 0 Å². The molecular weight excluding hydrogens is 661 g/mol. The first-order valence-electron chi connectivity index (χ1n) is 18.4. The van der Waals surface area contributed by atoms with Crippen molar-refractivity contribution in [2.24, 2.45) is 0 Å². The highest BCUT2D eigenvalue weighted by Crippen LogP contribution is 2.64. The van der Waals surface area contributed by atoms with Gasteiger partial charge < -0.3 is 0 Å². The average molecular weight is 693 g/mol. The van der Waals surface area contributed by atoms with E-state index in [9.17, 15) is 0 Å². The minimum atomic E-state index is -1.43. The monoisotopic (exact) mass is 692 g/mol. The molecule has 8 aromatic rings. The smallest absolute Gasteiger partial charge is 0.0849 e. The summed E-state index contributed by atoms with van der Waals surface area (Å²) in [6.45, 7) is 2.18. The lowest BCUT2D eigenvalue weighted by Crippen LogP contribution is -2.26. The van der Waals surface area contributed by atoms with Crippen molar-refractivity contribution in [1.29, 1.82) is 0 Å². The van der Waals surface area contributed by atoms with Crippen molar-refractivity contribution >= 4 is 10.8 Å². The van der Waals surface area contributed by atoms with Crippen LogP contribution in [-0.4, -0.2) is 4.21 Å². The highest BCUT2D eigenvalue weighted by atomic mass is 32.2. The first-order chi connectivity index (χ1) is 26.1. The summed E-state index contributed by atoms with van der Waals surface area (Å²) < 4.78 is 15.1. The zero-order chi connectivity index (χ0) is 35.1. The summed E-state index contributed by atoms with van der Waals surface area (Å²) in [4.78, 5) is 1.65. The zero-order valence-corrected chi connectivity index (χ0v) is 29.9. The maximum atomic E-state index is 15.1. The maximum Gasteiger partial charge on any atom is 0.0849 e. The van der Waals surface area contributed by atoms with Crippen LogP contribution in [0.3, 0.4) is 0 Å². The summed E-state index contributed by atoms with van der Waals surface area (Å²) in [5, 5.41) is 0. The van der Waals surface area contributed by atoms with Crippen LogP contribution in [0.1, 0.15) is 50.1 Å². The van der Waals surface area contributed by atoms with Crippen molar-refractivity contribution in [3.63, 3.8) is 0 Å². The molecule has 8 aromatic carbocycles. The highest BCUT2D eigenvalue weighted by Gasteiger charge is 2.53. The van der Waals surface area contributed by atoms with Crippen molar-refractivity contribution in [3.05, 3.63) is 226 Å². The molecule has 2 spiro atoms. The average Bonchev–Trinajstić information content (AvgIpc) is 3.89. The van der Waals surface area contributed by atoms with Gasteiger partial charge in [-0.1, -0.05) is 157 Å². The Morgan fingerprint density at radius 1 is 0.321 bits per heavy atom. The third-order valence-corrected chi connectivity index (χ3v) is 14.0. The van der Waals surface area contributed by atoms with Gasteiger partial charge in [0.1, 0.15) is 0 Å². The third-order valence-electron chi connectivity index (χ3n) is 12.6. The van der Waals surface area contributed by atoms with E-state index in [1.165, 1.54) is 94.6 Å². The van der Waals surface area contributed by atoms with Crippen LogP contribution < -0.4 is 0 Å². The van der Waals surface area contributed by atoms with E-state index in [0.717, 1.165) is 9.79 Å². The summed E-state index contributed by atoms with van der Waals surface area (Å²) >= 11 is 0. The summed E-state index contributed by atoms with van der Waals surface area (Å²) in [6, 6.07) is 64.3. The second-order valence-electron chi connectivity index (χ2n) is 15.0. The lowest BCUT2D eigenvalue weighted by atomic mass is 9.70. The summed E-state index contributed by atoms with van der Waals surface area (Å²) in [7, 11) is -1.43. The molecule has 0 bridgehead atoms. The Labute approximate surface area is 311 Å². The van der Waals surface area contributed by atoms with Crippen LogP contribution in [0.15, 0.2) is 186 Å². The van der Waals surface area contributed by atoms with Crippen LogP contribution in [0.2, 0.25) is 0 Å². The molecule has 2 atom stereocenters. The lowest BCUT2D eigenvalue weighted by Gasteiger charge is -2.31. The minimum absolute atomic E-state index is 0.474. The molecule has 1 nitrogen and oxygen atoms in total. The first kappa shape index (κ1) is 29.5. The fraction of sp³-hybridized carbons (Fsp3) is 0.0588. The van der Waals surface area contributed by atoms with Crippen LogP contribution in [-0.2, 0) is 21.6 Å². The van der Waals surface area contributed by atoms with E-state index in [1.54, 1.807) is 0 Å². The van der Waals surface area contributed by atoms with Crippen LogP contribution in [0, 0.1) is 6.92 Å². The Bertz CT molecular complexity index is 2870. The number of hydrogen-bond donors (Lipinski definition) is 0. The number of aryl methyl sites for hydroxylation is 1. The van der Waals surface area contributed by atoms with Crippen LogP contribution in [0.5, 0.6) is 0 Å². The van der Waals surface area contributed by atoms with Crippen LogP contribution >= 0.6 is 0 Å². The van der Waals surface area contributed by atoms with Gasteiger partial charge >= 0.3 is 0 Å². The van der Waals surface area contributed by atoms with Gasteiger partial charge in [0, 0.05) is 9.79 Å². The van der Waals surface area contributed by atoms with Gasteiger partial charge in [0.15, 0.2) is 0 Å². The summed E-state index contributed by atoms with van der Waals surface area (Å²) in [5.74, 6) is 0. The first-order valence-corrected chi connectivity index (χ1v) is 19.6. The molecule has 0 radical (unpaired) electrons. The van der Waals surface area contributed by atoms with E-state index in [4.69, 9.17) is 0 Å². The lowest BCUT2D eigenvalue weighted by molar-refractivity contribution is 0.682. The predicted octanol–water partition coefficient (Wildman–Crippen LogP) is 11.8. The van der Waals surface area contributed by atoms with Crippen LogP contribution in [0.25, 0.3) is 44.5 Å². The van der Waals surface area contributed by atoms with Gasteiger partial charge in [-0.25, -0.2) is 4.21 Å². The molecule has 0 N–H and O–H groups in total. The Morgan fingerprint density at radius 2 is 0.604 bits per heavy atom. The maximum absolute atomic E-state index is 15.1. The van der Waals surface area contributed by atoms with E-state index in [2.05, 4.69) is 183 Å². The molecule has 248 valence electrons. The van der Waals surface area contributed by atoms with E-state index >= 15 is 4.21 Å². The number of hydrogen-bond acceptors (Lipinski definition) is 1. The molecule has 2 unspecified atom stereocenters. The largest absolute Gasteiger partial charge is 0.249 e. The fourth-order valence-electron chi connectivity index (χ4n) is 10.7. The minimum Gasteiger partial charge on any atom is -0.249 e. The van der Waals surface area contributed by atoms with Crippen molar-refractivity contribution < 1.29 is 4.21 Å². The van der Waals surface area contributed by atoms with E-state index in [1.807, 2.05) is 0 Å². The molecule has 53 heavy (non-hydrogen) atoms. The number of benzene rings is 8. The molecule has 0 heterocycles. The topological polar surface area (TPSA) is 17.1 Å². The molecule has 4 aliphatic carbocycles. The van der Waals surface area contributed by atoms with Gasteiger partial charge in [-0.3, -0.25) is 0 Å². The highest BCUT2D eigenvalue weighted by molar-refractivity contribution is 7.85. The molecule has 0 aliphatic heterocycles. The molecular formula is C51H32OS. The Morgan fingerprint density at radius 3 is 0.981 bits per heavy atom. The number of fused-ring (bicyclic) bond motifs is 20. The molecule has 0 fully saturated rings.